The predicted molar refractivity (Wildman–Crippen MR) is 73.9 cm³/mol. The van der Waals surface area contributed by atoms with Gasteiger partial charge in [-0.1, -0.05) is 24.9 Å². The maximum atomic E-state index is 12.2. The van der Waals surface area contributed by atoms with E-state index in [-0.39, 0.29) is 17.8 Å². The lowest BCUT2D eigenvalue weighted by Gasteiger charge is -2.30. The van der Waals surface area contributed by atoms with Crippen LogP contribution in [0.3, 0.4) is 0 Å². The summed E-state index contributed by atoms with van der Waals surface area (Å²) in [6.07, 6.45) is 8.46. The molecule has 2 saturated carbocycles. The molecule has 19 heavy (non-hydrogen) atoms. The van der Waals surface area contributed by atoms with Gasteiger partial charge in [0.25, 0.3) is 0 Å². The number of hydrogen-bond acceptors (Lipinski definition) is 3. The third-order valence-corrected chi connectivity index (χ3v) is 4.66. The van der Waals surface area contributed by atoms with Crippen molar-refractivity contribution in [2.45, 2.75) is 64.3 Å². The normalized spacial score (nSPS) is 29.8. The summed E-state index contributed by atoms with van der Waals surface area (Å²) in [5.41, 5.74) is 4.91. The van der Waals surface area contributed by atoms with Gasteiger partial charge in [-0.05, 0) is 44.4 Å². The van der Waals surface area contributed by atoms with Gasteiger partial charge in [0.2, 0.25) is 5.91 Å². The summed E-state index contributed by atoms with van der Waals surface area (Å²) in [5.74, 6) is 0.837. The van der Waals surface area contributed by atoms with Crippen molar-refractivity contribution in [3.05, 3.63) is 0 Å². The van der Waals surface area contributed by atoms with Crippen LogP contribution in [0.1, 0.15) is 58.3 Å². The second kappa shape index (κ2) is 5.80. The van der Waals surface area contributed by atoms with Gasteiger partial charge in [0.15, 0.2) is 5.84 Å². The minimum absolute atomic E-state index is 0.0539. The Balaban J connectivity index is 1.82. The van der Waals surface area contributed by atoms with Gasteiger partial charge in [0, 0.05) is 6.04 Å². The zero-order chi connectivity index (χ0) is 13.9. The summed E-state index contributed by atoms with van der Waals surface area (Å²) in [5, 5.41) is 14.8. The van der Waals surface area contributed by atoms with Crippen LogP contribution in [0.4, 0.5) is 0 Å². The highest BCUT2D eigenvalue weighted by atomic mass is 16.4. The highest BCUT2D eigenvalue weighted by molar-refractivity contribution is 6.09. The van der Waals surface area contributed by atoms with E-state index < -0.39 is 5.41 Å². The summed E-state index contributed by atoms with van der Waals surface area (Å²) in [7, 11) is 0. The fourth-order valence-electron chi connectivity index (χ4n) is 3.15. The Labute approximate surface area is 114 Å². The number of amidine groups is 1. The van der Waals surface area contributed by atoms with Crippen molar-refractivity contribution in [1.29, 1.82) is 0 Å². The van der Waals surface area contributed by atoms with E-state index in [1.54, 1.807) is 0 Å². The van der Waals surface area contributed by atoms with Crippen molar-refractivity contribution in [2.24, 2.45) is 22.2 Å². The van der Waals surface area contributed by atoms with Crippen LogP contribution in [-0.4, -0.2) is 23.0 Å². The SMILES string of the molecule is CCCC1CCC(NC(=O)C2(C(N)=NO)CC2)CC1. The summed E-state index contributed by atoms with van der Waals surface area (Å²) in [6.45, 7) is 2.22. The molecule has 108 valence electrons. The Morgan fingerprint density at radius 2 is 2.00 bits per heavy atom. The highest BCUT2D eigenvalue weighted by Crippen LogP contribution is 2.46. The van der Waals surface area contributed by atoms with Crippen LogP contribution in [0.25, 0.3) is 0 Å². The van der Waals surface area contributed by atoms with Crippen LogP contribution < -0.4 is 11.1 Å². The maximum Gasteiger partial charge on any atom is 0.234 e. The van der Waals surface area contributed by atoms with E-state index in [1.807, 2.05) is 0 Å². The second-order valence-corrected chi connectivity index (χ2v) is 6.05. The van der Waals surface area contributed by atoms with E-state index in [0.29, 0.717) is 12.8 Å². The van der Waals surface area contributed by atoms with Crippen molar-refractivity contribution < 1.29 is 10.0 Å². The Hall–Kier alpha value is -1.26. The van der Waals surface area contributed by atoms with Crippen LogP contribution in [0, 0.1) is 11.3 Å². The molecule has 0 radical (unpaired) electrons. The molecule has 0 heterocycles. The molecule has 5 heteroatoms. The lowest BCUT2D eigenvalue weighted by molar-refractivity contribution is -0.125. The molecule has 0 spiro atoms. The largest absolute Gasteiger partial charge is 0.409 e. The molecular formula is C14H25N3O2. The monoisotopic (exact) mass is 267 g/mol. The van der Waals surface area contributed by atoms with E-state index in [4.69, 9.17) is 10.9 Å². The predicted octanol–water partition coefficient (Wildman–Crippen LogP) is 1.99. The maximum absolute atomic E-state index is 12.2. The smallest absolute Gasteiger partial charge is 0.234 e. The number of amides is 1. The number of rotatable bonds is 5. The molecule has 2 aliphatic rings. The molecular weight excluding hydrogens is 242 g/mol. The van der Waals surface area contributed by atoms with Gasteiger partial charge in [-0.15, -0.1) is 0 Å². The number of carbonyl (C=O) groups is 1. The molecule has 0 aliphatic heterocycles. The minimum Gasteiger partial charge on any atom is -0.409 e. The second-order valence-electron chi connectivity index (χ2n) is 6.05. The number of nitrogens with one attached hydrogen (secondary N) is 1. The first kappa shape index (κ1) is 14.2. The van der Waals surface area contributed by atoms with E-state index in [1.165, 1.54) is 25.7 Å². The summed E-state index contributed by atoms with van der Waals surface area (Å²) >= 11 is 0. The van der Waals surface area contributed by atoms with Crippen molar-refractivity contribution in [1.82, 2.24) is 5.32 Å². The van der Waals surface area contributed by atoms with Crippen molar-refractivity contribution in [2.75, 3.05) is 0 Å². The third kappa shape index (κ3) is 3.01. The van der Waals surface area contributed by atoms with Crippen molar-refractivity contribution in [3.8, 4) is 0 Å². The van der Waals surface area contributed by atoms with Gasteiger partial charge in [0.1, 0.15) is 5.41 Å². The molecule has 0 atom stereocenters. The molecule has 0 saturated heterocycles. The van der Waals surface area contributed by atoms with E-state index in [0.717, 1.165) is 18.8 Å². The fourth-order valence-corrected chi connectivity index (χ4v) is 3.15. The van der Waals surface area contributed by atoms with E-state index >= 15 is 0 Å². The summed E-state index contributed by atoms with van der Waals surface area (Å²) < 4.78 is 0. The van der Waals surface area contributed by atoms with E-state index in [9.17, 15) is 4.79 Å². The lowest BCUT2D eigenvalue weighted by Crippen LogP contribution is -2.46. The Morgan fingerprint density at radius 1 is 1.37 bits per heavy atom. The average Bonchev–Trinajstić information content (AvgIpc) is 3.22. The van der Waals surface area contributed by atoms with Crippen LogP contribution in [-0.2, 0) is 4.79 Å². The Bertz CT molecular complexity index is 356. The standard InChI is InChI=1S/C14H25N3O2/c1-2-3-10-4-6-11(7-5-10)16-13(18)14(8-9-14)12(15)17-19/h10-11,19H,2-9H2,1H3,(H2,15,17)(H,16,18). The van der Waals surface area contributed by atoms with Gasteiger partial charge in [-0.25, -0.2) is 0 Å². The van der Waals surface area contributed by atoms with Crippen LogP contribution >= 0.6 is 0 Å². The first-order valence-electron chi connectivity index (χ1n) is 7.41. The fraction of sp³-hybridized carbons (Fsp3) is 0.857. The first-order chi connectivity index (χ1) is 9.12. The van der Waals surface area contributed by atoms with Crippen molar-refractivity contribution >= 4 is 11.7 Å². The molecule has 2 aliphatic carbocycles. The van der Waals surface area contributed by atoms with Crippen LogP contribution in [0.15, 0.2) is 5.16 Å². The average molecular weight is 267 g/mol. The number of hydrogen-bond donors (Lipinski definition) is 3. The number of nitrogens with two attached hydrogens (primary N) is 1. The van der Waals surface area contributed by atoms with Gasteiger partial charge in [-0.3, -0.25) is 4.79 Å². The van der Waals surface area contributed by atoms with Crippen LogP contribution in [0.5, 0.6) is 0 Å². The minimum atomic E-state index is -0.713. The first-order valence-corrected chi connectivity index (χ1v) is 7.41. The molecule has 0 aromatic carbocycles. The number of oxime groups is 1. The molecule has 5 nitrogen and oxygen atoms in total. The van der Waals surface area contributed by atoms with Crippen molar-refractivity contribution in [3.63, 3.8) is 0 Å². The number of carbonyl (C=O) groups excluding carboxylic acids is 1. The summed E-state index contributed by atoms with van der Waals surface area (Å²) in [4.78, 5) is 12.2. The molecule has 4 N–H and O–H groups in total. The molecule has 2 fully saturated rings. The van der Waals surface area contributed by atoms with E-state index in [2.05, 4.69) is 17.4 Å². The Morgan fingerprint density at radius 3 is 2.47 bits per heavy atom. The molecule has 0 bridgehead atoms. The highest BCUT2D eigenvalue weighted by Gasteiger charge is 2.54. The zero-order valence-electron chi connectivity index (χ0n) is 11.7. The number of nitrogens with zero attached hydrogens (tertiary/aromatic N) is 1. The zero-order valence-corrected chi connectivity index (χ0v) is 11.7. The van der Waals surface area contributed by atoms with Gasteiger partial charge in [0.05, 0.1) is 0 Å². The molecule has 2 rings (SSSR count). The Kier molecular flexibility index (Phi) is 4.32. The van der Waals surface area contributed by atoms with Crippen LogP contribution in [0.2, 0.25) is 0 Å². The quantitative estimate of drug-likeness (QED) is 0.308. The van der Waals surface area contributed by atoms with Gasteiger partial charge < -0.3 is 16.3 Å². The third-order valence-electron chi connectivity index (χ3n) is 4.66. The van der Waals surface area contributed by atoms with Gasteiger partial charge in [-0.2, -0.15) is 0 Å². The molecule has 0 unspecified atom stereocenters. The molecule has 0 aromatic rings. The lowest BCUT2D eigenvalue weighted by atomic mass is 9.83. The topological polar surface area (TPSA) is 87.7 Å². The summed E-state index contributed by atoms with van der Waals surface area (Å²) in [6, 6.07) is 0.268. The molecule has 0 aromatic heterocycles. The van der Waals surface area contributed by atoms with Gasteiger partial charge >= 0.3 is 0 Å². The molecule has 1 amide bonds.